The third-order valence-corrected chi connectivity index (χ3v) is 5.01. The van der Waals surface area contributed by atoms with Crippen molar-refractivity contribution in [2.75, 3.05) is 34.4 Å². The Morgan fingerprint density at radius 2 is 1.93 bits per heavy atom. The van der Waals surface area contributed by atoms with Gasteiger partial charge in [0, 0.05) is 38.9 Å². The molecule has 2 heterocycles. The molecule has 7 nitrogen and oxygen atoms in total. The Hall–Kier alpha value is -2.23. The van der Waals surface area contributed by atoms with Crippen LogP contribution in [0.2, 0.25) is 0 Å². The van der Waals surface area contributed by atoms with Crippen LogP contribution < -0.4 is 19.5 Å². The predicted molar refractivity (Wildman–Crippen MR) is 129 cm³/mol. The van der Waals surface area contributed by atoms with Crippen molar-refractivity contribution in [1.82, 2.24) is 15.2 Å². The number of para-hydroxylation sites is 1. The first-order valence-corrected chi connectivity index (χ1v) is 9.94. The molecule has 0 spiro atoms. The molecule has 0 saturated carbocycles. The summed E-state index contributed by atoms with van der Waals surface area (Å²) in [5.74, 6) is 3.82. The van der Waals surface area contributed by atoms with Gasteiger partial charge in [-0.15, -0.1) is 24.0 Å². The number of nitrogens with zero attached hydrogens (tertiary/aromatic N) is 3. The molecule has 1 N–H and O–H groups in total. The van der Waals surface area contributed by atoms with Crippen LogP contribution in [0, 0.1) is 5.92 Å². The fraction of sp³-hybridized carbons (Fsp3) is 0.455. The van der Waals surface area contributed by atoms with E-state index in [4.69, 9.17) is 14.2 Å². The summed E-state index contributed by atoms with van der Waals surface area (Å²) in [6, 6.07) is 9.33. The Balaban J connectivity index is 0.00000320. The van der Waals surface area contributed by atoms with Gasteiger partial charge >= 0.3 is 0 Å². The number of aromatic nitrogens is 1. The average Bonchev–Trinajstić information content (AvgIpc) is 2.75. The van der Waals surface area contributed by atoms with Gasteiger partial charge in [0.1, 0.15) is 0 Å². The number of ether oxygens (including phenoxy) is 3. The van der Waals surface area contributed by atoms with Crippen LogP contribution in [-0.2, 0) is 6.54 Å². The van der Waals surface area contributed by atoms with Gasteiger partial charge in [-0.05, 0) is 36.5 Å². The van der Waals surface area contributed by atoms with E-state index in [1.807, 2.05) is 37.4 Å². The van der Waals surface area contributed by atoms with Crippen molar-refractivity contribution in [2.45, 2.75) is 26.3 Å². The van der Waals surface area contributed by atoms with Gasteiger partial charge in [0.2, 0.25) is 11.6 Å². The largest absolute Gasteiger partial charge is 0.493 e. The maximum absolute atomic E-state index is 5.92. The fourth-order valence-electron chi connectivity index (χ4n) is 3.49. The highest BCUT2D eigenvalue weighted by atomic mass is 127. The van der Waals surface area contributed by atoms with E-state index in [9.17, 15) is 0 Å². The number of halogens is 1. The second-order valence-electron chi connectivity index (χ2n) is 7.19. The molecule has 1 unspecified atom stereocenters. The lowest BCUT2D eigenvalue weighted by Gasteiger charge is -2.33. The Bertz CT molecular complexity index is 807. The summed E-state index contributed by atoms with van der Waals surface area (Å²) < 4.78 is 16.6. The summed E-state index contributed by atoms with van der Waals surface area (Å²) in [7, 11) is 5.02. The zero-order valence-corrected chi connectivity index (χ0v) is 20.4. The highest BCUT2D eigenvalue weighted by Gasteiger charge is 2.19. The molecule has 1 aromatic heterocycles. The number of nitrogens with one attached hydrogen (secondary N) is 1. The molecule has 1 aliphatic heterocycles. The molecule has 1 aromatic carbocycles. The molecule has 1 atom stereocenters. The second kappa shape index (κ2) is 11.8. The van der Waals surface area contributed by atoms with Gasteiger partial charge in [-0.1, -0.05) is 19.1 Å². The van der Waals surface area contributed by atoms with Gasteiger partial charge < -0.3 is 24.4 Å². The Morgan fingerprint density at radius 3 is 2.50 bits per heavy atom. The van der Waals surface area contributed by atoms with E-state index in [2.05, 4.69) is 27.1 Å². The smallest absolute Gasteiger partial charge is 0.219 e. The van der Waals surface area contributed by atoms with Gasteiger partial charge in [-0.25, -0.2) is 4.98 Å². The number of likely N-dealkylation sites (tertiary alicyclic amines) is 1. The van der Waals surface area contributed by atoms with Crippen molar-refractivity contribution in [1.29, 1.82) is 0 Å². The number of guanidine groups is 1. The number of hydrogen-bond acceptors (Lipinski definition) is 5. The third-order valence-electron chi connectivity index (χ3n) is 5.01. The van der Waals surface area contributed by atoms with Crippen LogP contribution >= 0.6 is 24.0 Å². The van der Waals surface area contributed by atoms with Crippen LogP contribution in [0.3, 0.4) is 0 Å². The van der Waals surface area contributed by atoms with E-state index in [1.165, 1.54) is 12.8 Å². The maximum Gasteiger partial charge on any atom is 0.219 e. The maximum atomic E-state index is 5.92. The minimum Gasteiger partial charge on any atom is -0.493 e. The topological polar surface area (TPSA) is 68.2 Å². The number of pyridine rings is 1. The van der Waals surface area contributed by atoms with Crippen molar-refractivity contribution in [3.05, 3.63) is 42.1 Å². The van der Waals surface area contributed by atoms with Gasteiger partial charge in [-0.2, -0.15) is 0 Å². The molecule has 0 amide bonds. The lowest BCUT2D eigenvalue weighted by molar-refractivity contribution is 0.266. The monoisotopic (exact) mass is 526 g/mol. The van der Waals surface area contributed by atoms with Crippen LogP contribution in [0.1, 0.15) is 25.3 Å². The molecular weight excluding hydrogens is 495 g/mol. The fourth-order valence-corrected chi connectivity index (χ4v) is 3.49. The normalized spacial score (nSPS) is 16.5. The molecule has 0 bridgehead atoms. The van der Waals surface area contributed by atoms with Crippen LogP contribution in [0.5, 0.6) is 23.1 Å². The van der Waals surface area contributed by atoms with Gasteiger partial charge in [0.15, 0.2) is 17.5 Å². The minimum absolute atomic E-state index is 0. The number of hydrogen-bond donors (Lipinski definition) is 1. The highest BCUT2D eigenvalue weighted by Crippen LogP contribution is 2.39. The second-order valence-corrected chi connectivity index (χ2v) is 7.19. The molecule has 1 fully saturated rings. The Labute approximate surface area is 195 Å². The summed E-state index contributed by atoms with van der Waals surface area (Å²) in [5, 5.41) is 3.44. The van der Waals surface area contributed by atoms with Crippen LogP contribution in [-0.4, -0.2) is 50.2 Å². The number of benzene rings is 1. The van der Waals surface area contributed by atoms with Crippen molar-refractivity contribution in [3.63, 3.8) is 0 Å². The summed E-state index contributed by atoms with van der Waals surface area (Å²) in [5.41, 5.74) is 1.05. The van der Waals surface area contributed by atoms with Crippen LogP contribution in [0.4, 0.5) is 0 Å². The molecule has 164 valence electrons. The third kappa shape index (κ3) is 6.13. The first-order chi connectivity index (χ1) is 14.1. The van der Waals surface area contributed by atoms with E-state index < -0.39 is 0 Å². The average molecular weight is 526 g/mol. The molecular formula is C22H31IN4O3. The van der Waals surface area contributed by atoms with Crippen LogP contribution in [0.15, 0.2) is 41.5 Å². The van der Waals surface area contributed by atoms with Crippen LogP contribution in [0.25, 0.3) is 0 Å². The van der Waals surface area contributed by atoms with E-state index in [1.54, 1.807) is 20.4 Å². The standard InChI is InChI=1S/C22H30N4O3.HI/c1-16-7-6-12-26(15-16)22(23-2)25-14-17-10-11-20(24-13-17)29-21-18(27-3)8-5-9-19(21)28-4;/h5,8-11,13,16H,6-7,12,14-15H2,1-4H3,(H,23,25);1H. The Morgan fingerprint density at radius 1 is 1.20 bits per heavy atom. The lowest BCUT2D eigenvalue weighted by Crippen LogP contribution is -2.45. The summed E-state index contributed by atoms with van der Waals surface area (Å²) >= 11 is 0. The number of methoxy groups -OCH3 is 2. The quantitative estimate of drug-likeness (QED) is 0.344. The van der Waals surface area contributed by atoms with Gasteiger partial charge in [-0.3, -0.25) is 4.99 Å². The minimum atomic E-state index is 0. The zero-order chi connectivity index (χ0) is 20.6. The number of rotatable bonds is 6. The number of aliphatic imine (C=N–C) groups is 1. The zero-order valence-electron chi connectivity index (χ0n) is 18.1. The molecule has 0 radical (unpaired) electrons. The van der Waals surface area contributed by atoms with Gasteiger partial charge in [0.25, 0.3) is 0 Å². The molecule has 0 aliphatic carbocycles. The SMILES string of the molecule is CN=C(NCc1ccc(Oc2c(OC)cccc2OC)nc1)N1CCCC(C)C1.I. The first kappa shape index (κ1) is 24.0. The molecule has 1 saturated heterocycles. The summed E-state index contributed by atoms with van der Waals surface area (Å²) in [6.45, 7) is 5.04. The lowest BCUT2D eigenvalue weighted by atomic mass is 10.0. The molecule has 3 rings (SSSR count). The van der Waals surface area contributed by atoms with E-state index in [0.29, 0.717) is 35.6 Å². The number of piperidine rings is 1. The van der Waals surface area contributed by atoms with Crippen molar-refractivity contribution in [3.8, 4) is 23.1 Å². The molecule has 2 aromatic rings. The first-order valence-electron chi connectivity index (χ1n) is 9.94. The molecule has 1 aliphatic rings. The summed E-state index contributed by atoms with van der Waals surface area (Å²) in [4.78, 5) is 11.2. The van der Waals surface area contributed by atoms with Crippen molar-refractivity contribution in [2.24, 2.45) is 10.9 Å². The van der Waals surface area contributed by atoms with Gasteiger partial charge in [0.05, 0.1) is 14.2 Å². The highest BCUT2D eigenvalue weighted by molar-refractivity contribution is 14.0. The van der Waals surface area contributed by atoms with E-state index in [-0.39, 0.29) is 24.0 Å². The summed E-state index contributed by atoms with van der Waals surface area (Å²) in [6.07, 6.45) is 4.30. The predicted octanol–water partition coefficient (Wildman–Crippen LogP) is 4.32. The van der Waals surface area contributed by atoms with E-state index >= 15 is 0 Å². The molecule has 30 heavy (non-hydrogen) atoms. The van der Waals surface area contributed by atoms with Crippen molar-refractivity contribution < 1.29 is 14.2 Å². The molecule has 8 heteroatoms. The van der Waals surface area contributed by atoms with E-state index in [0.717, 1.165) is 24.6 Å². The Kier molecular flexibility index (Phi) is 9.48. The van der Waals surface area contributed by atoms with Crippen molar-refractivity contribution >= 4 is 29.9 Å².